The zero-order valence-corrected chi connectivity index (χ0v) is 10.2. The third kappa shape index (κ3) is 2.90. The van der Waals surface area contributed by atoms with Crippen LogP contribution in [0.3, 0.4) is 0 Å². The van der Waals surface area contributed by atoms with Gasteiger partial charge in [-0.25, -0.2) is 8.78 Å². The van der Waals surface area contributed by atoms with Crippen molar-refractivity contribution in [3.8, 4) is 0 Å². The summed E-state index contributed by atoms with van der Waals surface area (Å²) in [5, 5.41) is 5.17. The van der Waals surface area contributed by atoms with Gasteiger partial charge in [-0.15, -0.1) is 11.3 Å². The molecule has 2 rings (SSSR count). The predicted molar refractivity (Wildman–Crippen MR) is 65.9 cm³/mol. The zero-order valence-electron chi connectivity index (χ0n) is 9.41. The van der Waals surface area contributed by atoms with Gasteiger partial charge < -0.3 is 5.32 Å². The summed E-state index contributed by atoms with van der Waals surface area (Å²) < 4.78 is 26.4. The topological polar surface area (TPSA) is 12.0 Å². The van der Waals surface area contributed by atoms with E-state index in [0.29, 0.717) is 12.1 Å². The van der Waals surface area contributed by atoms with E-state index >= 15 is 0 Å². The van der Waals surface area contributed by atoms with Gasteiger partial charge >= 0.3 is 0 Å². The van der Waals surface area contributed by atoms with Crippen molar-refractivity contribution in [3.63, 3.8) is 0 Å². The molecular weight excluding hydrogens is 240 g/mol. The van der Waals surface area contributed by atoms with Crippen molar-refractivity contribution in [3.05, 3.63) is 57.8 Å². The summed E-state index contributed by atoms with van der Waals surface area (Å²) in [6.45, 7) is 2.33. The molecule has 1 heterocycles. The average molecular weight is 253 g/mol. The fourth-order valence-corrected chi connectivity index (χ4v) is 2.35. The first-order valence-electron chi connectivity index (χ1n) is 5.38. The number of thiophene rings is 1. The molecule has 0 aliphatic rings. The summed E-state index contributed by atoms with van der Waals surface area (Å²) in [5.74, 6) is -1.56. The first kappa shape index (κ1) is 12.2. The Morgan fingerprint density at radius 3 is 2.76 bits per heavy atom. The molecule has 90 valence electrons. The van der Waals surface area contributed by atoms with E-state index in [0.717, 1.165) is 6.07 Å². The highest BCUT2D eigenvalue weighted by Gasteiger charge is 2.10. The third-order valence-corrected chi connectivity index (χ3v) is 3.66. The fraction of sp³-hybridized carbons (Fsp3) is 0.231. The molecule has 0 bridgehead atoms. The molecular formula is C13H13F2NS. The van der Waals surface area contributed by atoms with E-state index in [2.05, 4.69) is 5.32 Å². The van der Waals surface area contributed by atoms with E-state index in [4.69, 9.17) is 0 Å². The number of hydrogen-bond donors (Lipinski definition) is 1. The zero-order chi connectivity index (χ0) is 12.3. The molecule has 1 aromatic carbocycles. The number of hydrogen-bond acceptors (Lipinski definition) is 2. The Kier molecular flexibility index (Phi) is 3.86. The fourth-order valence-electron chi connectivity index (χ4n) is 1.59. The summed E-state index contributed by atoms with van der Waals surface area (Å²) in [5.41, 5.74) is 0.355. The molecule has 0 aliphatic carbocycles. The second kappa shape index (κ2) is 5.38. The van der Waals surface area contributed by atoms with Crippen LogP contribution in [-0.4, -0.2) is 0 Å². The lowest BCUT2D eigenvalue weighted by atomic mass is 10.2. The monoisotopic (exact) mass is 253 g/mol. The molecule has 0 radical (unpaired) electrons. The lowest BCUT2D eigenvalue weighted by Gasteiger charge is -2.12. The molecule has 0 spiro atoms. The Morgan fingerprint density at radius 1 is 1.24 bits per heavy atom. The van der Waals surface area contributed by atoms with Gasteiger partial charge in [0.25, 0.3) is 0 Å². The van der Waals surface area contributed by atoms with Crippen LogP contribution in [0.1, 0.15) is 23.4 Å². The van der Waals surface area contributed by atoms with Crippen LogP contribution in [0.15, 0.2) is 35.7 Å². The van der Waals surface area contributed by atoms with Crippen molar-refractivity contribution in [2.75, 3.05) is 0 Å². The lowest BCUT2D eigenvalue weighted by Crippen LogP contribution is -2.18. The Bertz CT molecular complexity index is 482. The number of nitrogens with one attached hydrogen (secondary N) is 1. The molecule has 17 heavy (non-hydrogen) atoms. The van der Waals surface area contributed by atoms with Gasteiger partial charge in [-0.3, -0.25) is 0 Å². The average Bonchev–Trinajstić information content (AvgIpc) is 2.84. The van der Waals surface area contributed by atoms with Gasteiger partial charge in [-0.2, -0.15) is 0 Å². The van der Waals surface area contributed by atoms with Crippen LogP contribution in [0.5, 0.6) is 0 Å². The van der Waals surface area contributed by atoms with Crippen molar-refractivity contribution in [2.45, 2.75) is 19.5 Å². The second-order valence-corrected chi connectivity index (χ2v) is 4.81. The van der Waals surface area contributed by atoms with Crippen molar-refractivity contribution >= 4 is 11.3 Å². The van der Waals surface area contributed by atoms with Crippen LogP contribution in [0.25, 0.3) is 0 Å². The molecule has 0 aliphatic heterocycles. The molecule has 0 saturated carbocycles. The molecule has 0 unspecified atom stereocenters. The summed E-state index contributed by atoms with van der Waals surface area (Å²) in [4.78, 5) is 1.18. The van der Waals surface area contributed by atoms with E-state index in [1.807, 2.05) is 24.4 Å². The highest BCUT2D eigenvalue weighted by atomic mass is 32.1. The highest BCUT2D eigenvalue weighted by Crippen LogP contribution is 2.19. The van der Waals surface area contributed by atoms with E-state index in [1.165, 1.54) is 10.9 Å². The maximum Gasteiger partial charge on any atom is 0.163 e. The molecule has 4 heteroatoms. The maximum absolute atomic E-state index is 13.4. The van der Waals surface area contributed by atoms with Crippen LogP contribution in [0.4, 0.5) is 8.78 Å². The first-order valence-corrected chi connectivity index (χ1v) is 6.26. The van der Waals surface area contributed by atoms with Crippen molar-refractivity contribution in [2.24, 2.45) is 0 Å². The summed E-state index contributed by atoms with van der Waals surface area (Å²) in [6, 6.07) is 8.36. The highest BCUT2D eigenvalue weighted by molar-refractivity contribution is 7.10. The molecule has 1 atom stereocenters. The molecule has 2 aromatic rings. The minimum Gasteiger partial charge on any atom is -0.305 e. The largest absolute Gasteiger partial charge is 0.305 e. The number of halogens is 2. The van der Waals surface area contributed by atoms with Gasteiger partial charge in [0, 0.05) is 23.0 Å². The number of benzene rings is 1. The standard InChI is InChI=1S/C13H13F2NS/c1-9(12-6-3-7-17-12)16-8-10-4-2-5-11(14)13(10)15/h2-7,9,16H,8H2,1H3/t9-/m1/s1. The summed E-state index contributed by atoms with van der Waals surface area (Å²) in [6.07, 6.45) is 0. The summed E-state index contributed by atoms with van der Waals surface area (Å²) in [7, 11) is 0. The smallest absolute Gasteiger partial charge is 0.163 e. The Balaban J connectivity index is 2.00. The normalized spacial score (nSPS) is 12.6. The molecule has 0 amide bonds. The molecule has 1 N–H and O–H groups in total. The van der Waals surface area contributed by atoms with Gasteiger partial charge in [-0.05, 0) is 24.4 Å². The molecule has 0 saturated heterocycles. The van der Waals surface area contributed by atoms with Crippen LogP contribution < -0.4 is 5.32 Å². The van der Waals surface area contributed by atoms with E-state index < -0.39 is 11.6 Å². The Labute approximate surface area is 103 Å². The quantitative estimate of drug-likeness (QED) is 0.872. The second-order valence-electron chi connectivity index (χ2n) is 3.83. The lowest BCUT2D eigenvalue weighted by molar-refractivity contribution is 0.485. The van der Waals surface area contributed by atoms with Crippen LogP contribution in [0, 0.1) is 11.6 Å². The Morgan fingerprint density at radius 2 is 2.06 bits per heavy atom. The van der Waals surface area contributed by atoms with Crippen molar-refractivity contribution in [1.82, 2.24) is 5.32 Å². The van der Waals surface area contributed by atoms with Crippen LogP contribution >= 0.6 is 11.3 Å². The molecule has 1 nitrogen and oxygen atoms in total. The van der Waals surface area contributed by atoms with Crippen LogP contribution in [-0.2, 0) is 6.54 Å². The van der Waals surface area contributed by atoms with Crippen molar-refractivity contribution < 1.29 is 8.78 Å². The maximum atomic E-state index is 13.4. The minimum atomic E-state index is -0.798. The van der Waals surface area contributed by atoms with Gasteiger partial charge in [-0.1, -0.05) is 18.2 Å². The van der Waals surface area contributed by atoms with Crippen molar-refractivity contribution in [1.29, 1.82) is 0 Å². The van der Waals surface area contributed by atoms with E-state index in [-0.39, 0.29) is 6.04 Å². The minimum absolute atomic E-state index is 0.137. The van der Waals surface area contributed by atoms with Gasteiger partial charge in [0.15, 0.2) is 11.6 Å². The summed E-state index contributed by atoms with van der Waals surface area (Å²) >= 11 is 1.64. The van der Waals surface area contributed by atoms with Gasteiger partial charge in [0.05, 0.1) is 0 Å². The molecule has 0 fully saturated rings. The van der Waals surface area contributed by atoms with Gasteiger partial charge in [0.2, 0.25) is 0 Å². The van der Waals surface area contributed by atoms with Crippen LogP contribution in [0.2, 0.25) is 0 Å². The third-order valence-electron chi connectivity index (χ3n) is 2.60. The predicted octanol–water partition coefficient (Wildman–Crippen LogP) is 3.88. The van der Waals surface area contributed by atoms with E-state index in [9.17, 15) is 8.78 Å². The van der Waals surface area contributed by atoms with Gasteiger partial charge in [0.1, 0.15) is 0 Å². The molecule has 1 aromatic heterocycles. The van der Waals surface area contributed by atoms with E-state index in [1.54, 1.807) is 17.4 Å². The number of rotatable bonds is 4. The first-order chi connectivity index (χ1) is 8.18. The SMILES string of the molecule is C[C@@H](NCc1cccc(F)c1F)c1cccs1. The Hall–Kier alpha value is -1.26.